The number of rotatable bonds is 4. The fourth-order valence-electron chi connectivity index (χ4n) is 3.54. The Morgan fingerprint density at radius 2 is 1.73 bits per heavy atom. The van der Waals surface area contributed by atoms with Gasteiger partial charge in [0, 0.05) is 10.9 Å². The van der Waals surface area contributed by atoms with Crippen molar-refractivity contribution in [3.63, 3.8) is 0 Å². The molecule has 0 nitrogen and oxygen atoms in total. The van der Waals surface area contributed by atoms with Crippen molar-refractivity contribution in [2.75, 3.05) is 18.3 Å². The van der Waals surface area contributed by atoms with Crippen molar-refractivity contribution < 1.29 is 0 Å². The standard InChI is InChI=1S/C20H24ClS/c1-22(2)13-5-8-19-18-7-4-3-6-15(18)9-10-16-11-12-17(21)14-20(16)19/h3-4,6-7,11-12,14,19H,5,8-10,13H2,1-2H3/q+1. The summed E-state index contributed by atoms with van der Waals surface area (Å²) in [6.07, 6.45) is 9.48. The van der Waals surface area contributed by atoms with Gasteiger partial charge in [-0.05, 0) is 71.0 Å². The van der Waals surface area contributed by atoms with Gasteiger partial charge in [0.15, 0.2) is 0 Å². The molecule has 116 valence electrons. The van der Waals surface area contributed by atoms with Crippen LogP contribution in [0.4, 0.5) is 0 Å². The van der Waals surface area contributed by atoms with Crippen LogP contribution < -0.4 is 0 Å². The molecule has 2 aromatic carbocycles. The zero-order chi connectivity index (χ0) is 15.5. The van der Waals surface area contributed by atoms with E-state index in [4.69, 9.17) is 11.6 Å². The quantitative estimate of drug-likeness (QED) is 0.673. The summed E-state index contributed by atoms with van der Waals surface area (Å²) in [5, 5.41) is 0.869. The van der Waals surface area contributed by atoms with E-state index in [1.165, 1.54) is 40.8 Å². The van der Waals surface area contributed by atoms with Gasteiger partial charge in [-0.2, -0.15) is 0 Å². The number of halogens is 1. The molecule has 2 aromatic rings. The molecule has 0 radical (unpaired) electrons. The van der Waals surface area contributed by atoms with Gasteiger partial charge < -0.3 is 0 Å². The molecule has 0 spiro atoms. The van der Waals surface area contributed by atoms with Crippen molar-refractivity contribution in [3.05, 3.63) is 69.7 Å². The maximum absolute atomic E-state index is 6.31. The van der Waals surface area contributed by atoms with Crippen LogP contribution in [0.2, 0.25) is 5.02 Å². The average Bonchev–Trinajstić information content (AvgIpc) is 2.65. The smallest absolute Gasteiger partial charge is 0.0843 e. The molecule has 0 aromatic heterocycles. The summed E-state index contributed by atoms with van der Waals surface area (Å²) in [5.41, 5.74) is 5.99. The molecule has 2 heteroatoms. The van der Waals surface area contributed by atoms with E-state index in [2.05, 4.69) is 48.9 Å². The summed E-state index contributed by atoms with van der Waals surface area (Å²) in [6, 6.07) is 15.5. The summed E-state index contributed by atoms with van der Waals surface area (Å²) >= 11 is 6.31. The Labute approximate surface area is 142 Å². The Hall–Kier alpha value is -0.920. The van der Waals surface area contributed by atoms with E-state index in [1.807, 2.05) is 6.07 Å². The Bertz CT molecular complexity index is 648. The van der Waals surface area contributed by atoms with Crippen molar-refractivity contribution in [1.29, 1.82) is 0 Å². The normalized spacial score (nSPS) is 17.0. The van der Waals surface area contributed by atoms with Gasteiger partial charge in [0.25, 0.3) is 0 Å². The first-order valence-corrected chi connectivity index (χ1v) is 10.6. The van der Waals surface area contributed by atoms with E-state index < -0.39 is 0 Å². The van der Waals surface area contributed by atoms with Gasteiger partial charge in [0.2, 0.25) is 0 Å². The number of benzene rings is 2. The molecular formula is C20H24ClS+. The topological polar surface area (TPSA) is 0 Å². The predicted molar refractivity (Wildman–Crippen MR) is 100 cm³/mol. The molecule has 0 aliphatic heterocycles. The minimum absolute atomic E-state index is 0.510. The number of hydrogen-bond acceptors (Lipinski definition) is 0. The second-order valence-corrected chi connectivity index (χ2v) is 9.24. The minimum Gasteiger partial charge on any atom is -0.0843 e. The van der Waals surface area contributed by atoms with E-state index in [-0.39, 0.29) is 0 Å². The van der Waals surface area contributed by atoms with Crippen LogP contribution >= 0.6 is 11.6 Å². The van der Waals surface area contributed by atoms with E-state index in [9.17, 15) is 0 Å². The molecule has 0 heterocycles. The van der Waals surface area contributed by atoms with Gasteiger partial charge in [-0.25, -0.2) is 0 Å². The largest absolute Gasteiger partial charge is 0.107 e. The monoisotopic (exact) mass is 331 g/mol. The van der Waals surface area contributed by atoms with Crippen LogP contribution in [0.1, 0.15) is 41.0 Å². The van der Waals surface area contributed by atoms with Crippen LogP contribution in [0.3, 0.4) is 0 Å². The van der Waals surface area contributed by atoms with Crippen molar-refractivity contribution in [3.8, 4) is 0 Å². The third kappa shape index (κ3) is 3.52. The summed E-state index contributed by atoms with van der Waals surface area (Å²) < 4.78 is 0. The van der Waals surface area contributed by atoms with Gasteiger partial charge in [0.1, 0.15) is 5.75 Å². The summed E-state index contributed by atoms with van der Waals surface area (Å²) in [7, 11) is 0.530. The minimum atomic E-state index is 0.510. The highest BCUT2D eigenvalue weighted by Crippen LogP contribution is 2.38. The second kappa shape index (κ2) is 7.10. The summed E-state index contributed by atoms with van der Waals surface area (Å²) in [5.74, 6) is 1.84. The highest BCUT2D eigenvalue weighted by molar-refractivity contribution is 7.95. The Balaban J connectivity index is 1.98. The van der Waals surface area contributed by atoms with Gasteiger partial charge in [-0.3, -0.25) is 0 Å². The van der Waals surface area contributed by atoms with Crippen LogP contribution in [0.25, 0.3) is 0 Å². The molecule has 1 aliphatic carbocycles. The highest BCUT2D eigenvalue weighted by atomic mass is 35.5. The van der Waals surface area contributed by atoms with Crippen LogP contribution in [0.5, 0.6) is 0 Å². The number of hydrogen-bond donors (Lipinski definition) is 0. The first-order chi connectivity index (χ1) is 10.6. The molecule has 0 bridgehead atoms. The molecule has 0 saturated heterocycles. The van der Waals surface area contributed by atoms with Gasteiger partial charge in [0.05, 0.1) is 12.5 Å². The van der Waals surface area contributed by atoms with E-state index >= 15 is 0 Å². The molecule has 1 aliphatic rings. The number of fused-ring (bicyclic) bond motifs is 2. The molecule has 1 atom stereocenters. The van der Waals surface area contributed by atoms with E-state index in [0.29, 0.717) is 16.8 Å². The third-order valence-corrected chi connectivity index (χ3v) is 5.96. The van der Waals surface area contributed by atoms with Gasteiger partial charge in [-0.15, -0.1) is 0 Å². The Morgan fingerprint density at radius 1 is 1.00 bits per heavy atom. The SMILES string of the molecule is C[S+](C)CCCC1c2ccccc2CCc2ccc(Cl)cc21. The molecular weight excluding hydrogens is 308 g/mol. The lowest BCUT2D eigenvalue weighted by Crippen LogP contribution is -2.08. The molecule has 0 fully saturated rings. The number of aryl methyl sites for hydroxylation is 2. The molecule has 0 saturated carbocycles. The van der Waals surface area contributed by atoms with Crippen molar-refractivity contribution in [1.82, 2.24) is 0 Å². The fraction of sp³-hybridized carbons (Fsp3) is 0.400. The van der Waals surface area contributed by atoms with Crippen LogP contribution in [-0.4, -0.2) is 18.3 Å². The molecule has 0 N–H and O–H groups in total. The lowest BCUT2D eigenvalue weighted by molar-refractivity contribution is 0.699. The maximum Gasteiger partial charge on any atom is 0.107 e. The zero-order valence-corrected chi connectivity index (χ0v) is 15.0. The third-order valence-electron chi connectivity index (χ3n) is 4.62. The van der Waals surface area contributed by atoms with Crippen LogP contribution in [-0.2, 0) is 23.7 Å². The predicted octanol–water partition coefficient (Wildman–Crippen LogP) is 5.23. The second-order valence-electron chi connectivity index (χ2n) is 6.43. The molecule has 3 rings (SSSR count). The zero-order valence-electron chi connectivity index (χ0n) is 13.4. The van der Waals surface area contributed by atoms with Crippen LogP contribution in [0.15, 0.2) is 42.5 Å². The Kier molecular flexibility index (Phi) is 5.15. The van der Waals surface area contributed by atoms with Crippen molar-refractivity contribution in [2.24, 2.45) is 0 Å². The van der Waals surface area contributed by atoms with Crippen molar-refractivity contribution in [2.45, 2.75) is 31.6 Å². The van der Waals surface area contributed by atoms with E-state index in [1.54, 1.807) is 0 Å². The van der Waals surface area contributed by atoms with Gasteiger partial charge >= 0.3 is 0 Å². The Morgan fingerprint density at radius 3 is 2.50 bits per heavy atom. The van der Waals surface area contributed by atoms with E-state index in [0.717, 1.165) is 17.9 Å². The highest BCUT2D eigenvalue weighted by Gasteiger charge is 2.24. The summed E-state index contributed by atoms with van der Waals surface area (Å²) in [6.45, 7) is 0. The first kappa shape index (κ1) is 16.0. The van der Waals surface area contributed by atoms with Gasteiger partial charge in [-0.1, -0.05) is 41.9 Å². The van der Waals surface area contributed by atoms with Crippen LogP contribution in [0, 0.1) is 0 Å². The fourth-order valence-corrected chi connectivity index (χ4v) is 4.47. The first-order valence-electron chi connectivity index (χ1n) is 8.05. The van der Waals surface area contributed by atoms with Crippen molar-refractivity contribution >= 4 is 22.5 Å². The summed E-state index contributed by atoms with van der Waals surface area (Å²) in [4.78, 5) is 0. The molecule has 0 amide bonds. The lowest BCUT2D eigenvalue weighted by Gasteiger charge is -2.20. The maximum atomic E-state index is 6.31. The molecule has 22 heavy (non-hydrogen) atoms. The average molecular weight is 332 g/mol. The lowest BCUT2D eigenvalue weighted by atomic mass is 9.85. The molecule has 1 unspecified atom stereocenters.